The second-order valence-corrected chi connectivity index (χ2v) is 10.0. The number of amides is 1. The third kappa shape index (κ3) is 5.92. The molecule has 0 aliphatic carbocycles. The lowest BCUT2D eigenvalue weighted by Crippen LogP contribution is -2.42. The molecule has 2 N–H and O–H groups in total. The van der Waals surface area contributed by atoms with Crippen molar-refractivity contribution in [3.63, 3.8) is 0 Å². The number of benzene rings is 1. The summed E-state index contributed by atoms with van der Waals surface area (Å²) in [6.45, 7) is 6.20. The van der Waals surface area contributed by atoms with Gasteiger partial charge in [0, 0.05) is 26.1 Å². The third-order valence-corrected chi connectivity index (χ3v) is 7.70. The molecule has 2 aliphatic heterocycles. The zero-order valence-electron chi connectivity index (χ0n) is 16.6. The maximum absolute atomic E-state index is 12.5. The summed E-state index contributed by atoms with van der Waals surface area (Å²) in [5.41, 5.74) is 1.17. The molecule has 2 aliphatic rings. The SMILES string of the molecule is CC1(CNC(=O)CCc2ccc(S(=O)(=O)N3CCCC3)cc2)CCNCC1.Cl. The highest BCUT2D eigenvalue weighted by molar-refractivity contribution is 7.89. The molecular weight excluding hydrogens is 398 g/mol. The van der Waals surface area contributed by atoms with Crippen molar-refractivity contribution in [2.75, 3.05) is 32.7 Å². The number of aryl methyl sites for hydroxylation is 1. The van der Waals surface area contributed by atoms with Crippen LogP contribution in [0.1, 0.15) is 44.6 Å². The smallest absolute Gasteiger partial charge is 0.243 e. The van der Waals surface area contributed by atoms with Crippen molar-refractivity contribution in [3.8, 4) is 0 Å². The molecule has 2 fully saturated rings. The van der Waals surface area contributed by atoms with Gasteiger partial charge in [0.2, 0.25) is 15.9 Å². The molecule has 1 aromatic carbocycles. The standard InChI is InChI=1S/C20H31N3O3S.ClH/c1-20(10-12-21-13-11-20)16-22-19(24)9-6-17-4-7-18(8-5-17)27(25,26)23-14-2-3-15-23;/h4-5,7-8,21H,2-3,6,9-16H2,1H3,(H,22,24);1H. The Balaban J connectivity index is 0.00000280. The Labute approximate surface area is 174 Å². The summed E-state index contributed by atoms with van der Waals surface area (Å²) in [5, 5.41) is 6.42. The van der Waals surface area contributed by atoms with Crippen LogP contribution in [-0.2, 0) is 21.2 Å². The molecule has 0 aromatic heterocycles. The van der Waals surface area contributed by atoms with E-state index in [2.05, 4.69) is 17.6 Å². The largest absolute Gasteiger partial charge is 0.356 e. The minimum atomic E-state index is -3.37. The molecule has 1 amide bonds. The minimum Gasteiger partial charge on any atom is -0.356 e. The molecule has 1 aromatic rings. The number of rotatable bonds is 7. The van der Waals surface area contributed by atoms with Crippen LogP contribution in [0.5, 0.6) is 0 Å². The van der Waals surface area contributed by atoms with Crippen molar-refractivity contribution in [2.45, 2.75) is 50.3 Å². The van der Waals surface area contributed by atoms with Crippen molar-refractivity contribution >= 4 is 28.3 Å². The molecule has 8 heteroatoms. The first-order valence-electron chi connectivity index (χ1n) is 9.96. The molecule has 158 valence electrons. The molecular formula is C20H32ClN3O3S. The number of hydrogen-bond donors (Lipinski definition) is 2. The van der Waals surface area contributed by atoms with Crippen molar-refractivity contribution in [1.29, 1.82) is 0 Å². The fourth-order valence-electron chi connectivity index (χ4n) is 3.77. The van der Waals surface area contributed by atoms with Gasteiger partial charge in [-0.15, -0.1) is 12.4 Å². The van der Waals surface area contributed by atoms with Crippen LogP contribution in [0, 0.1) is 5.41 Å². The molecule has 0 atom stereocenters. The van der Waals surface area contributed by atoms with Gasteiger partial charge in [-0.05, 0) is 68.3 Å². The van der Waals surface area contributed by atoms with E-state index < -0.39 is 10.0 Å². The highest BCUT2D eigenvalue weighted by Gasteiger charge is 2.28. The first-order valence-corrected chi connectivity index (χ1v) is 11.4. The number of carbonyl (C=O) groups excluding carboxylic acids is 1. The number of halogens is 1. The number of piperidine rings is 1. The van der Waals surface area contributed by atoms with Gasteiger partial charge in [0.1, 0.15) is 0 Å². The van der Waals surface area contributed by atoms with Crippen LogP contribution in [0.2, 0.25) is 0 Å². The number of nitrogens with zero attached hydrogens (tertiary/aromatic N) is 1. The average molecular weight is 430 g/mol. The van der Waals surface area contributed by atoms with E-state index in [-0.39, 0.29) is 23.7 Å². The lowest BCUT2D eigenvalue weighted by atomic mass is 9.81. The Morgan fingerprint density at radius 1 is 1.14 bits per heavy atom. The van der Waals surface area contributed by atoms with Crippen LogP contribution in [0.3, 0.4) is 0 Å². The molecule has 0 spiro atoms. The first-order chi connectivity index (χ1) is 12.9. The summed E-state index contributed by atoms with van der Waals surface area (Å²) in [7, 11) is -3.37. The Morgan fingerprint density at radius 2 is 1.75 bits per heavy atom. The Kier molecular flexibility index (Phi) is 8.30. The Bertz CT molecular complexity index is 740. The zero-order valence-corrected chi connectivity index (χ0v) is 18.2. The average Bonchev–Trinajstić information content (AvgIpc) is 3.21. The van der Waals surface area contributed by atoms with E-state index in [9.17, 15) is 13.2 Å². The van der Waals surface area contributed by atoms with Crippen molar-refractivity contribution < 1.29 is 13.2 Å². The van der Waals surface area contributed by atoms with Gasteiger partial charge in [0.25, 0.3) is 0 Å². The Morgan fingerprint density at radius 3 is 2.36 bits per heavy atom. The zero-order chi connectivity index (χ0) is 19.3. The quantitative estimate of drug-likeness (QED) is 0.697. The highest BCUT2D eigenvalue weighted by Crippen LogP contribution is 2.26. The van der Waals surface area contributed by atoms with Gasteiger partial charge < -0.3 is 10.6 Å². The summed E-state index contributed by atoms with van der Waals surface area (Å²) >= 11 is 0. The van der Waals surface area contributed by atoms with E-state index in [1.165, 1.54) is 0 Å². The third-order valence-electron chi connectivity index (χ3n) is 5.79. The van der Waals surface area contributed by atoms with Crippen LogP contribution in [-0.4, -0.2) is 51.4 Å². The van der Waals surface area contributed by atoms with E-state index >= 15 is 0 Å². The molecule has 2 saturated heterocycles. The van der Waals surface area contributed by atoms with Gasteiger partial charge in [-0.2, -0.15) is 4.31 Å². The van der Waals surface area contributed by atoms with Crippen molar-refractivity contribution in [3.05, 3.63) is 29.8 Å². The van der Waals surface area contributed by atoms with Crippen LogP contribution < -0.4 is 10.6 Å². The van der Waals surface area contributed by atoms with E-state index in [0.717, 1.165) is 50.9 Å². The maximum Gasteiger partial charge on any atom is 0.243 e. The first kappa shape index (κ1) is 23.1. The lowest BCUT2D eigenvalue weighted by molar-refractivity contribution is -0.121. The number of nitrogens with one attached hydrogen (secondary N) is 2. The number of hydrogen-bond acceptors (Lipinski definition) is 4. The monoisotopic (exact) mass is 429 g/mol. The summed E-state index contributed by atoms with van der Waals surface area (Å²) in [4.78, 5) is 12.5. The van der Waals surface area contributed by atoms with Gasteiger partial charge in [0.05, 0.1) is 4.90 Å². The van der Waals surface area contributed by atoms with Crippen LogP contribution >= 0.6 is 12.4 Å². The number of sulfonamides is 1. The predicted octanol–water partition coefficient (Wildman–Crippen LogP) is 2.33. The number of carbonyl (C=O) groups is 1. The van der Waals surface area contributed by atoms with Crippen molar-refractivity contribution in [1.82, 2.24) is 14.9 Å². The molecule has 0 bridgehead atoms. The second-order valence-electron chi connectivity index (χ2n) is 8.09. The molecule has 0 unspecified atom stereocenters. The summed E-state index contributed by atoms with van der Waals surface area (Å²) in [6, 6.07) is 6.97. The van der Waals surface area contributed by atoms with E-state index in [1.54, 1.807) is 16.4 Å². The van der Waals surface area contributed by atoms with E-state index in [4.69, 9.17) is 0 Å². The predicted molar refractivity (Wildman–Crippen MR) is 113 cm³/mol. The van der Waals surface area contributed by atoms with E-state index in [1.807, 2.05) is 12.1 Å². The van der Waals surface area contributed by atoms with Gasteiger partial charge in [-0.3, -0.25) is 4.79 Å². The molecule has 0 saturated carbocycles. The summed E-state index contributed by atoms with van der Waals surface area (Å²) in [6.07, 6.45) is 5.07. The van der Waals surface area contributed by atoms with Crippen LogP contribution in [0.4, 0.5) is 0 Å². The topological polar surface area (TPSA) is 78.5 Å². The van der Waals surface area contributed by atoms with Gasteiger partial charge >= 0.3 is 0 Å². The summed E-state index contributed by atoms with van der Waals surface area (Å²) < 4.78 is 26.6. The molecule has 6 nitrogen and oxygen atoms in total. The van der Waals surface area contributed by atoms with Crippen LogP contribution in [0.15, 0.2) is 29.2 Å². The molecule has 28 heavy (non-hydrogen) atoms. The van der Waals surface area contributed by atoms with Crippen molar-refractivity contribution in [2.24, 2.45) is 5.41 Å². The van der Waals surface area contributed by atoms with E-state index in [0.29, 0.717) is 30.8 Å². The normalized spacial score (nSPS) is 19.8. The molecule has 2 heterocycles. The molecule has 3 rings (SSSR count). The Hall–Kier alpha value is -1.15. The van der Waals surface area contributed by atoms with Crippen LogP contribution in [0.25, 0.3) is 0 Å². The minimum absolute atomic E-state index is 0. The molecule has 0 radical (unpaired) electrons. The fourth-order valence-corrected chi connectivity index (χ4v) is 5.29. The lowest BCUT2D eigenvalue weighted by Gasteiger charge is -2.34. The maximum atomic E-state index is 12.5. The van der Waals surface area contributed by atoms with Gasteiger partial charge in [-0.25, -0.2) is 8.42 Å². The fraction of sp³-hybridized carbons (Fsp3) is 0.650. The highest BCUT2D eigenvalue weighted by atomic mass is 35.5. The van der Waals surface area contributed by atoms with Gasteiger partial charge in [0.15, 0.2) is 0 Å². The van der Waals surface area contributed by atoms with Gasteiger partial charge in [-0.1, -0.05) is 19.1 Å². The summed E-state index contributed by atoms with van der Waals surface area (Å²) in [5.74, 6) is 0.0588. The second kappa shape index (κ2) is 10.1.